The summed E-state index contributed by atoms with van der Waals surface area (Å²) in [6.07, 6.45) is -0.377. The Hall–Kier alpha value is -3.84. The minimum absolute atomic E-state index is 0.377. The Morgan fingerprint density at radius 3 is 2.16 bits per heavy atom. The average Bonchev–Trinajstić information content (AvgIpc) is 3.37. The number of amidine groups is 1. The Balaban J connectivity index is 1.31. The van der Waals surface area contributed by atoms with E-state index in [-0.39, 0.29) is 6.09 Å². The quantitative estimate of drug-likeness (QED) is 0.334. The number of methoxy groups -OCH3 is 1. The third-order valence-electron chi connectivity index (χ3n) is 5.87. The normalized spacial score (nSPS) is 13.3. The summed E-state index contributed by atoms with van der Waals surface area (Å²) in [5.41, 5.74) is 4.74. The van der Waals surface area contributed by atoms with Gasteiger partial charge in [0.1, 0.15) is 29.5 Å². The molecule has 0 unspecified atom stereocenters. The molecule has 7 nitrogen and oxygen atoms in total. The number of hydrogen-bond acceptors (Lipinski definition) is 6. The van der Waals surface area contributed by atoms with Crippen molar-refractivity contribution in [2.24, 2.45) is 4.99 Å². The first-order chi connectivity index (χ1) is 18.2. The Labute approximate surface area is 225 Å². The van der Waals surface area contributed by atoms with Crippen LogP contribution in [-0.4, -0.2) is 42.6 Å². The summed E-state index contributed by atoms with van der Waals surface area (Å²) in [6, 6.07) is 21.9. The van der Waals surface area contributed by atoms with Crippen molar-refractivity contribution in [3.8, 4) is 11.5 Å². The molecule has 0 N–H and O–H groups in total. The zero-order valence-electron chi connectivity index (χ0n) is 22.8. The molecule has 1 amide bonds. The van der Waals surface area contributed by atoms with Crippen molar-refractivity contribution in [2.75, 3.05) is 20.2 Å². The Morgan fingerprint density at radius 2 is 1.50 bits per heavy atom. The summed E-state index contributed by atoms with van der Waals surface area (Å²) in [5, 5.41) is 0. The molecule has 7 heteroatoms. The smallest absolute Gasteiger partial charge is 0.416 e. The van der Waals surface area contributed by atoms with Crippen LogP contribution < -0.4 is 9.47 Å². The Kier molecular flexibility index (Phi) is 8.69. The standard InChI is InChI=1S/C31H36N2O5/c1-22-16-24(20-36-19-23-6-10-27(35-5)11-7-23)18-25(17-22)21-37-28-12-8-26(9-13-28)29-32-14-15-33(29)30(34)38-31(2,3)4/h6-13,16-18H,14-15,19-21H2,1-5H3. The van der Waals surface area contributed by atoms with Crippen LogP contribution in [0.15, 0.2) is 71.7 Å². The minimum atomic E-state index is -0.555. The van der Waals surface area contributed by atoms with Gasteiger partial charge in [0, 0.05) is 5.56 Å². The molecule has 0 fully saturated rings. The largest absolute Gasteiger partial charge is 0.497 e. The summed E-state index contributed by atoms with van der Waals surface area (Å²) in [7, 11) is 1.66. The third kappa shape index (κ3) is 7.59. The van der Waals surface area contributed by atoms with Crippen LogP contribution in [0.3, 0.4) is 0 Å². The number of aryl methyl sites for hydroxylation is 1. The highest BCUT2D eigenvalue weighted by Crippen LogP contribution is 2.21. The SMILES string of the molecule is COc1ccc(COCc2cc(C)cc(COc3ccc(C4=NCCN4C(=O)OC(C)(C)C)cc3)c2)cc1. The first-order valence-electron chi connectivity index (χ1n) is 12.8. The maximum absolute atomic E-state index is 12.6. The van der Waals surface area contributed by atoms with Crippen molar-refractivity contribution in [3.05, 3.63) is 94.5 Å². The van der Waals surface area contributed by atoms with Gasteiger partial charge in [-0.2, -0.15) is 0 Å². The van der Waals surface area contributed by atoms with E-state index < -0.39 is 5.60 Å². The maximum atomic E-state index is 12.6. The Morgan fingerprint density at radius 1 is 0.868 bits per heavy atom. The minimum Gasteiger partial charge on any atom is -0.497 e. The predicted molar refractivity (Wildman–Crippen MR) is 148 cm³/mol. The van der Waals surface area contributed by atoms with Crippen LogP contribution in [0.5, 0.6) is 11.5 Å². The number of nitrogens with zero attached hydrogens (tertiary/aromatic N) is 2. The van der Waals surface area contributed by atoms with Gasteiger partial charge < -0.3 is 18.9 Å². The van der Waals surface area contributed by atoms with E-state index in [0.29, 0.717) is 38.7 Å². The van der Waals surface area contributed by atoms with Crippen molar-refractivity contribution in [1.29, 1.82) is 0 Å². The van der Waals surface area contributed by atoms with E-state index >= 15 is 0 Å². The topological polar surface area (TPSA) is 69.6 Å². The lowest BCUT2D eigenvalue weighted by atomic mass is 10.1. The number of benzene rings is 3. The van der Waals surface area contributed by atoms with Crippen molar-refractivity contribution in [3.63, 3.8) is 0 Å². The first-order valence-corrected chi connectivity index (χ1v) is 12.8. The van der Waals surface area contributed by atoms with E-state index in [1.54, 1.807) is 12.0 Å². The monoisotopic (exact) mass is 516 g/mol. The molecule has 1 aliphatic rings. The molecular weight excluding hydrogens is 480 g/mol. The van der Waals surface area contributed by atoms with Crippen molar-refractivity contribution < 1.29 is 23.7 Å². The predicted octanol–water partition coefficient (Wildman–Crippen LogP) is 6.30. The molecule has 4 rings (SSSR count). The molecule has 0 saturated heterocycles. The van der Waals surface area contributed by atoms with Gasteiger partial charge in [0.05, 0.1) is 33.4 Å². The molecule has 3 aromatic carbocycles. The molecule has 1 aliphatic heterocycles. The molecule has 0 aliphatic carbocycles. The molecule has 0 bridgehead atoms. The first kappa shape index (κ1) is 27.2. The fourth-order valence-electron chi connectivity index (χ4n) is 4.18. The van der Waals surface area contributed by atoms with Crippen molar-refractivity contribution in [2.45, 2.75) is 53.1 Å². The summed E-state index contributed by atoms with van der Waals surface area (Å²) in [4.78, 5) is 18.7. The zero-order valence-corrected chi connectivity index (χ0v) is 22.8. The van der Waals surface area contributed by atoms with E-state index in [0.717, 1.165) is 39.3 Å². The molecule has 0 spiro atoms. The van der Waals surface area contributed by atoms with E-state index in [4.69, 9.17) is 18.9 Å². The molecular formula is C31H36N2O5. The van der Waals surface area contributed by atoms with Crippen LogP contribution in [0.4, 0.5) is 4.79 Å². The summed E-state index contributed by atoms with van der Waals surface area (Å²) in [6.45, 7) is 10.2. The lowest BCUT2D eigenvalue weighted by molar-refractivity contribution is 0.0384. The molecule has 200 valence electrons. The van der Waals surface area contributed by atoms with Gasteiger partial charge in [0.2, 0.25) is 0 Å². The van der Waals surface area contributed by atoms with Gasteiger partial charge in [0.25, 0.3) is 0 Å². The van der Waals surface area contributed by atoms with Crippen molar-refractivity contribution in [1.82, 2.24) is 4.90 Å². The number of carbonyl (C=O) groups is 1. The van der Waals surface area contributed by atoms with Crippen LogP contribution in [0, 0.1) is 6.92 Å². The number of aliphatic imine (C=N–C) groups is 1. The number of ether oxygens (including phenoxy) is 4. The highest BCUT2D eigenvalue weighted by atomic mass is 16.6. The summed E-state index contributed by atoms with van der Waals surface area (Å²) in [5.74, 6) is 2.21. The van der Waals surface area contributed by atoms with E-state index in [2.05, 4.69) is 30.1 Å². The van der Waals surface area contributed by atoms with Gasteiger partial charge >= 0.3 is 6.09 Å². The van der Waals surface area contributed by atoms with Crippen LogP contribution >= 0.6 is 0 Å². The molecule has 0 radical (unpaired) electrons. The highest BCUT2D eigenvalue weighted by molar-refractivity contribution is 6.07. The van der Waals surface area contributed by atoms with E-state index in [9.17, 15) is 4.79 Å². The second-order valence-electron chi connectivity index (χ2n) is 10.3. The zero-order chi connectivity index (χ0) is 27.1. The number of carbonyl (C=O) groups excluding carboxylic acids is 1. The molecule has 38 heavy (non-hydrogen) atoms. The maximum Gasteiger partial charge on any atom is 0.416 e. The summed E-state index contributed by atoms with van der Waals surface area (Å²) < 4.78 is 22.7. The van der Waals surface area contributed by atoms with Gasteiger partial charge in [-0.25, -0.2) is 4.79 Å². The fourth-order valence-corrected chi connectivity index (χ4v) is 4.18. The Bertz CT molecular complexity index is 1260. The van der Waals surface area contributed by atoms with Crippen molar-refractivity contribution >= 4 is 11.9 Å². The third-order valence-corrected chi connectivity index (χ3v) is 5.87. The number of hydrogen-bond donors (Lipinski definition) is 0. The van der Waals surface area contributed by atoms with Crippen LogP contribution in [-0.2, 0) is 29.3 Å². The van der Waals surface area contributed by atoms with Crippen LogP contribution in [0.1, 0.15) is 48.6 Å². The summed E-state index contributed by atoms with van der Waals surface area (Å²) >= 11 is 0. The fraction of sp³-hybridized carbons (Fsp3) is 0.355. The molecule has 3 aromatic rings. The van der Waals surface area contributed by atoms with E-state index in [1.165, 1.54) is 0 Å². The second-order valence-corrected chi connectivity index (χ2v) is 10.3. The van der Waals surface area contributed by atoms with Gasteiger partial charge in [-0.3, -0.25) is 9.89 Å². The molecule has 0 aromatic heterocycles. The number of rotatable bonds is 9. The van der Waals surface area contributed by atoms with Gasteiger partial charge in [-0.15, -0.1) is 0 Å². The van der Waals surface area contributed by atoms with Gasteiger partial charge in [-0.1, -0.05) is 35.9 Å². The highest BCUT2D eigenvalue weighted by Gasteiger charge is 2.29. The lowest BCUT2D eigenvalue weighted by Gasteiger charge is -2.25. The van der Waals surface area contributed by atoms with Crippen LogP contribution in [0.2, 0.25) is 0 Å². The van der Waals surface area contributed by atoms with E-state index in [1.807, 2.05) is 69.3 Å². The number of amides is 1. The molecule has 0 saturated carbocycles. The van der Waals surface area contributed by atoms with Crippen LogP contribution in [0.25, 0.3) is 0 Å². The second kappa shape index (κ2) is 12.1. The van der Waals surface area contributed by atoms with Gasteiger partial charge in [-0.05, 0) is 80.8 Å². The lowest BCUT2D eigenvalue weighted by Crippen LogP contribution is -2.39. The van der Waals surface area contributed by atoms with Gasteiger partial charge in [0.15, 0.2) is 0 Å². The molecule has 1 heterocycles. The molecule has 0 atom stereocenters. The average molecular weight is 517 g/mol.